The van der Waals surface area contributed by atoms with Crippen LogP contribution in [0.15, 0.2) is 18.2 Å². The maximum absolute atomic E-state index is 14.0. The number of halogens is 1. The van der Waals surface area contributed by atoms with Crippen LogP contribution in [0.2, 0.25) is 0 Å². The van der Waals surface area contributed by atoms with Crippen LogP contribution in [0.4, 0.5) is 4.39 Å². The van der Waals surface area contributed by atoms with E-state index in [0.29, 0.717) is 17.4 Å². The van der Waals surface area contributed by atoms with E-state index in [-0.39, 0.29) is 11.9 Å². The first-order valence-corrected chi connectivity index (χ1v) is 7.68. The first-order chi connectivity index (χ1) is 9.58. The van der Waals surface area contributed by atoms with Crippen LogP contribution >= 0.6 is 0 Å². The van der Waals surface area contributed by atoms with Gasteiger partial charge in [0.1, 0.15) is 11.6 Å². The molecule has 0 radical (unpaired) electrons. The van der Waals surface area contributed by atoms with Crippen molar-refractivity contribution in [3.63, 3.8) is 0 Å². The molecule has 2 unspecified atom stereocenters. The SMILES string of the molecule is CCCCCCC(C)NC(C)c1ccc(OC)cc1F. The summed E-state index contributed by atoms with van der Waals surface area (Å²) in [5.41, 5.74) is 0.700. The Hall–Kier alpha value is -1.09. The second-order valence-corrected chi connectivity index (χ2v) is 5.53. The lowest BCUT2D eigenvalue weighted by Crippen LogP contribution is -2.29. The predicted molar refractivity (Wildman–Crippen MR) is 82.7 cm³/mol. The lowest BCUT2D eigenvalue weighted by atomic mass is 10.0. The van der Waals surface area contributed by atoms with Crippen molar-refractivity contribution in [3.8, 4) is 5.75 Å². The molecule has 0 aromatic heterocycles. The minimum atomic E-state index is -0.206. The molecule has 2 atom stereocenters. The van der Waals surface area contributed by atoms with Crippen LogP contribution in [0.1, 0.15) is 64.5 Å². The second-order valence-electron chi connectivity index (χ2n) is 5.53. The molecule has 3 heteroatoms. The van der Waals surface area contributed by atoms with Crippen molar-refractivity contribution in [1.82, 2.24) is 5.32 Å². The second kappa shape index (κ2) is 8.96. The molecule has 1 N–H and O–H groups in total. The van der Waals surface area contributed by atoms with Gasteiger partial charge in [-0.2, -0.15) is 0 Å². The van der Waals surface area contributed by atoms with Crippen molar-refractivity contribution < 1.29 is 9.13 Å². The highest BCUT2D eigenvalue weighted by molar-refractivity contribution is 5.30. The highest BCUT2D eigenvalue weighted by Crippen LogP contribution is 2.22. The van der Waals surface area contributed by atoms with Crippen molar-refractivity contribution in [2.45, 2.75) is 65.0 Å². The first kappa shape index (κ1) is 17.0. The normalized spacial score (nSPS) is 14.1. The summed E-state index contributed by atoms with van der Waals surface area (Å²) in [7, 11) is 1.55. The zero-order valence-electron chi connectivity index (χ0n) is 13.2. The number of rotatable bonds is 9. The van der Waals surface area contributed by atoms with Gasteiger partial charge in [0.15, 0.2) is 0 Å². The van der Waals surface area contributed by atoms with Gasteiger partial charge >= 0.3 is 0 Å². The topological polar surface area (TPSA) is 21.3 Å². The van der Waals surface area contributed by atoms with Crippen LogP contribution in [0.5, 0.6) is 5.75 Å². The Morgan fingerprint density at radius 2 is 1.95 bits per heavy atom. The van der Waals surface area contributed by atoms with Crippen LogP contribution in [-0.2, 0) is 0 Å². The van der Waals surface area contributed by atoms with E-state index in [2.05, 4.69) is 19.2 Å². The fraction of sp³-hybridized carbons (Fsp3) is 0.647. The maximum Gasteiger partial charge on any atom is 0.131 e. The van der Waals surface area contributed by atoms with Gasteiger partial charge in [0.25, 0.3) is 0 Å². The standard InChI is InChI=1S/C17H28FNO/c1-5-6-7-8-9-13(2)19-14(3)16-11-10-15(20-4)12-17(16)18/h10-14,19H,5-9H2,1-4H3. The summed E-state index contributed by atoms with van der Waals surface area (Å²) in [5, 5.41) is 3.47. The molecule has 0 saturated carbocycles. The molecule has 0 aliphatic heterocycles. The van der Waals surface area contributed by atoms with Crippen molar-refractivity contribution in [1.29, 1.82) is 0 Å². The molecule has 0 spiro atoms. The van der Waals surface area contributed by atoms with E-state index < -0.39 is 0 Å². The molecule has 0 amide bonds. The molecule has 0 bridgehead atoms. The summed E-state index contributed by atoms with van der Waals surface area (Å²) in [5.74, 6) is 0.355. The Balaban J connectivity index is 2.47. The average molecular weight is 281 g/mol. The van der Waals surface area contributed by atoms with Crippen molar-refractivity contribution in [3.05, 3.63) is 29.6 Å². The van der Waals surface area contributed by atoms with E-state index in [1.807, 2.05) is 13.0 Å². The highest BCUT2D eigenvalue weighted by atomic mass is 19.1. The zero-order chi connectivity index (χ0) is 15.0. The molecule has 0 saturated heterocycles. The van der Waals surface area contributed by atoms with Gasteiger partial charge in [-0.3, -0.25) is 0 Å². The van der Waals surface area contributed by atoms with Gasteiger partial charge in [0, 0.05) is 23.7 Å². The Morgan fingerprint density at radius 3 is 2.55 bits per heavy atom. The molecule has 0 heterocycles. The summed E-state index contributed by atoms with van der Waals surface area (Å²) in [6.45, 7) is 6.40. The molecule has 1 aromatic carbocycles. The molecular formula is C17H28FNO. The third-order valence-corrected chi connectivity index (χ3v) is 3.70. The third kappa shape index (κ3) is 5.49. The van der Waals surface area contributed by atoms with Crippen molar-refractivity contribution in [2.75, 3.05) is 7.11 Å². The number of unbranched alkanes of at least 4 members (excludes halogenated alkanes) is 3. The van der Waals surface area contributed by atoms with Gasteiger partial charge < -0.3 is 10.1 Å². The fourth-order valence-corrected chi connectivity index (χ4v) is 2.46. The largest absolute Gasteiger partial charge is 0.497 e. The van der Waals surface area contributed by atoms with Gasteiger partial charge in [-0.1, -0.05) is 38.7 Å². The van der Waals surface area contributed by atoms with Gasteiger partial charge in [0.2, 0.25) is 0 Å². The molecule has 114 valence electrons. The van der Waals surface area contributed by atoms with Crippen LogP contribution in [0, 0.1) is 5.82 Å². The Bertz CT molecular complexity index is 395. The Morgan fingerprint density at radius 1 is 1.20 bits per heavy atom. The number of nitrogens with one attached hydrogen (secondary N) is 1. The third-order valence-electron chi connectivity index (χ3n) is 3.70. The monoisotopic (exact) mass is 281 g/mol. The minimum absolute atomic E-state index is 0.0158. The fourth-order valence-electron chi connectivity index (χ4n) is 2.46. The number of ether oxygens (including phenoxy) is 1. The molecule has 0 fully saturated rings. The predicted octanol–water partition coefficient (Wildman–Crippen LogP) is 4.84. The van der Waals surface area contributed by atoms with Gasteiger partial charge in [-0.05, 0) is 26.3 Å². The lowest BCUT2D eigenvalue weighted by molar-refractivity contribution is 0.405. The Labute approximate surface area is 122 Å². The summed E-state index contributed by atoms with van der Waals surface area (Å²) in [4.78, 5) is 0. The zero-order valence-corrected chi connectivity index (χ0v) is 13.2. The maximum atomic E-state index is 14.0. The summed E-state index contributed by atoms with van der Waals surface area (Å²) in [6.07, 6.45) is 6.22. The van der Waals surface area contributed by atoms with Gasteiger partial charge in [-0.25, -0.2) is 4.39 Å². The van der Waals surface area contributed by atoms with E-state index in [0.717, 1.165) is 6.42 Å². The first-order valence-electron chi connectivity index (χ1n) is 7.68. The molecule has 20 heavy (non-hydrogen) atoms. The van der Waals surface area contributed by atoms with Crippen molar-refractivity contribution in [2.24, 2.45) is 0 Å². The molecular weight excluding hydrogens is 253 g/mol. The summed E-state index contributed by atoms with van der Waals surface area (Å²) >= 11 is 0. The van der Waals surface area contributed by atoms with E-state index in [1.165, 1.54) is 31.7 Å². The van der Waals surface area contributed by atoms with E-state index in [4.69, 9.17) is 4.74 Å². The van der Waals surface area contributed by atoms with Gasteiger partial charge in [0.05, 0.1) is 7.11 Å². The average Bonchev–Trinajstić information content (AvgIpc) is 2.43. The van der Waals surface area contributed by atoms with Crippen LogP contribution in [0.3, 0.4) is 0 Å². The quantitative estimate of drug-likeness (QED) is 0.654. The highest BCUT2D eigenvalue weighted by Gasteiger charge is 2.13. The van der Waals surface area contributed by atoms with Crippen LogP contribution in [0.25, 0.3) is 0 Å². The number of hydrogen-bond acceptors (Lipinski definition) is 2. The lowest BCUT2D eigenvalue weighted by Gasteiger charge is -2.21. The summed E-state index contributed by atoms with van der Waals surface area (Å²) < 4.78 is 19.0. The number of hydrogen-bond donors (Lipinski definition) is 1. The van der Waals surface area contributed by atoms with Crippen LogP contribution < -0.4 is 10.1 Å². The van der Waals surface area contributed by atoms with E-state index in [9.17, 15) is 4.39 Å². The minimum Gasteiger partial charge on any atom is -0.497 e. The molecule has 1 aromatic rings. The molecule has 0 aliphatic carbocycles. The van der Waals surface area contributed by atoms with E-state index >= 15 is 0 Å². The number of benzene rings is 1. The van der Waals surface area contributed by atoms with Crippen LogP contribution in [-0.4, -0.2) is 13.2 Å². The molecule has 1 rings (SSSR count). The smallest absolute Gasteiger partial charge is 0.131 e. The summed E-state index contributed by atoms with van der Waals surface area (Å²) in [6, 6.07) is 5.47. The number of methoxy groups -OCH3 is 1. The Kier molecular flexibility index (Phi) is 7.60. The van der Waals surface area contributed by atoms with Crippen molar-refractivity contribution >= 4 is 0 Å². The molecule has 2 nitrogen and oxygen atoms in total. The molecule has 0 aliphatic rings. The van der Waals surface area contributed by atoms with E-state index in [1.54, 1.807) is 13.2 Å². The van der Waals surface area contributed by atoms with Gasteiger partial charge in [-0.15, -0.1) is 0 Å².